The van der Waals surface area contributed by atoms with E-state index >= 15 is 0 Å². The standard InChI is InChI=1S/C25H30F3N3O6S/c1-16(32)29-22(14-17-13-20(36-2)7-8-23(17)37-3)24(33)30-19-9-11-31(12-10-19)38(34,35)21-6-4-5-18(15-21)25(26,27)28/h4-8,13,15,19,22H,9-12,14H2,1-3H3,(H,29,32)(H,30,33)/t22-/m0/s1. The van der Waals surface area contributed by atoms with Gasteiger partial charge in [0.1, 0.15) is 17.5 Å². The average molecular weight is 558 g/mol. The van der Waals surface area contributed by atoms with Gasteiger partial charge in [0.15, 0.2) is 0 Å². The number of sulfonamides is 1. The fourth-order valence-electron chi connectivity index (χ4n) is 4.24. The molecular weight excluding hydrogens is 527 g/mol. The molecule has 1 heterocycles. The number of nitrogens with zero attached hydrogens (tertiary/aromatic N) is 1. The first-order valence-corrected chi connectivity index (χ1v) is 13.2. The molecule has 208 valence electrons. The Bertz CT molecular complexity index is 1260. The van der Waals surface area contributed by atoms with E-state index in [1.165, 1.54) is 21.1 Å². The van der Waals surface area contributed by atoms with E-state index in [0.29, 0.717) is 23.1 Å². The molecule has 1 aliphatic rings. The van der Waals surface area contributed by atoms with Gasteiger partial charge >= 0.3 is 6.18 Å². The average Bonchev–Trinajstić information content (AvgIpc) is 2.87. The van der Waals surface area contributed by atoms with Crippen LogP contribution in [0.4, 0.5) is 13.2 Å². The van der Waals surface area contributed by atoms with Crippen molar-refractivity contribution < 1.29 is 40.7 Å². The summed E-state index contributed by atoms with van der Waals surface area (Å²) in [5.74, 6) is 0.206. The lowest BCUT2D eigenvalue weighted by Crippen LogP contribution is -2.53. The normalized spacial score (nSPS) is 15.9. The lowest BCUT2D eigenvalue weighted by atomic mass is 10.0. The molecule has 2 aromatic rings. The fourth-order valence-corrected chi connectivity index (χ4v) is 5.76. The van der Waals surface area contributed by atoms with E-state index in [9.17, 15) is 31.2 Å². The van der Waals surface area contributed by atoms with Gasteiger partial charge in [0, 0.05) is 38.0 Å². The molecule has 0 unspecified atom stereocenters. The number of nitrogens with one attached hydrogen (secondary N) is 2. The molecule has 9 nitrogen and oxygen atoms in total. The number of halogens is 3. The molecule has 2 N–H and O–H groups in total. The van der Waals surface area contributed by atoms with E-state index in [1.807, 2.05) is 0 Å². The Hall–Kier alpha value is -3.32. The van der Waals surface area contributed by atoms with Crippen LogP contribution in [0.1, 0.15) is 30.9 Å². The highest BCUT2D eigenvalue weighted by Crippen LogP contribution is 2.32. The second-order valence-electron chi connectivity index (χ2n) is 8.85. The molecular formula is C25H30F3N3O6S. The SMILES string of the molecule is COc1ccc(OC)c(C[C@H](NC(C)=O)C(=O)NC2CCN(S(=O)(=O)c3cccc(C(F)(F)F)c3)CC2)c1. The van der Waals surface area contributed by atoms with Gasteiger partial charge in [-0.25, -0.2) is 8.42 Å². The van der Waals surface area contributed by atoms with E-state index in [1.54, 1.807) is 18.2 Å². The molecule has 3 rings (SSSR count). The molecule has 2 amide bonds. The van der Waals surface area contributed by atoms with E-state index in [0.717, 1.165) is 22.5 Å². The second kappa shape index (κ2) is 12.0. The predicted molar refractivity (Wildman–Crippen MR) is 132 cm³/mol. The lowest BCUT2D eigenvalue weighted by molar-refractivity contribution is -0.137. The van der Waals surface area contributed by atoms with Crippen molar-refractivity contribution in [3.63, 3.8) is 0 Å². The Morgan fingerprint density at radius 1 is 1.08 bits per heavy atom. The number of rotatable bonds is 9. The molecule has 1 aliphatic heterocycles. The molecule has 0 radical (unpaired) electrons. The van der Waals surface area contributed by atoms with E-state index < -0.39 is 44.5 Å². The van der Waals surface area contributed by atoms with Crippen molar-refractivity contribution in [3.05, 3.63) is 53.6 Å². The van der Waals surface area contributed by atoms with Gasteiger partial charge in [-0.1, -0.05) is 6.07 Å². The van der Waals surface area contributed by atoms with Crippen LogP contribution >= 0.6 is 0 Å². The predicted octanol–water partition coefficient (Wildman–Crippen LogP) is 2.74. The summed E-state index contributed by atoms with van der Waals surface area (Å²) in [6, 6.07) is 7.40. The Morgan fingerprint density at radius 3 is 2.34 bits per heavy atom. The number of hydrogen-bond donors (Lipinski definition) is 2. The van der Waals surface area contributed by atoms with Crippen LogP contribution in [0.25, 0.3) is 0 Å². The maximum Gasteiger partial charge on any atom is 0.416 e. The summed E-state index contributed by atoms with van der Waals surface area (Å²) in [6.45, 7) is 1.32. The van der Waals surface area contributed by atoms with Gasteiger partial charge in [-0.2, -0.15) is 17.5 Å². The van der Waals surface area contributed by atoms with Gasteiger partial charge < -0.3 is 20.1 Å². The smallest absolute Gasteiger partial charge is 0.416 e. The summed E-state index contributed by atoms with van der Waals surface area (Å²) < 4.78 is 76.7. The van der Waals surface area contributed by atoms with Gasteiger partial charge in [0.05, 0.1) is 24.7 Å². The van der Waals surface area contributed by atoms with Gasteiger partial charge in [-0.3, -0.25) is 9.59 Å². The number of ether oxygens (including phenoxy) is 2. The highest BCUT2D eigenvalue weighted by Gasteiger charge is 2.35. The van der Waals surface area contributed by atoms with E-state index in [-0.39, 0.29) is 38.4 Å². The summed E-state index contributed by atoms with van der Waals surface area (Å²) >= 11 is 0. The topological polar surface area (TPSA) is 114 Å². The third-order valence-electron chi connectivity index (χ3n) is 6.21. The van der Waals surface area contributed by atoms with Crippen LogP contribution in [0.2, 0.25) is 0 Å². The molecule has 13 heteroatoms. The lowest BCUT2D eigenvalue weighted by Gasteiger charge is -2.32. The maximum atomic E-state index is 13.1. The van der Waals surface area contributed by atoms with Gasteiger partial charge in [0.25, 0.3) is 0 Å². The molecule has 0 aliphatic carbocycles. The number of alkyl halides is 3. The van der Waals surface area contributed by atoms with Crippen molar-refractivity contribution in [2.45, 2.75) is 49.3 Å². The number of carbonyl (C=O) groups is 2. The quantitative estimate of drug-likeness (QED) is 0.490. The molecule has 1 atom stereocenters. The largest absolute Gasteiger partial charge is 0.497 e. The first kappa shape index (κ1) is 29.2. The number of carbonyl (C=O) groups excluding carboxylic acids is 2. The van der Waals surface area contributed by atoms with Crippen molar-refractivity contribution in [1.82, 2.24) is 14.9 Å². The molecule has 2 aromatic carbocycles. The molecule has 0 bridgehead atoms. The van der Waals surface area contributed by atoms with E-state index in [2.05, 4.69) is 10.6 Å². The third-order valence-corrected chi connectivity index (χ3v) is 8.10. The number of methoxy groups -OCH3 is 2. The molecule has 0 aromatic heterocycles. The molecule has 0 spiro atoms. The van der Waals surface area contributed by atoms with Crippen LogP contribution in [0.3, 0.4) is 0 Å². The van der Waals surface area contributed by atoms with Crippen molar-refractivity contribution >= 4 is 21.8 Å². The summed E-state index contributed by atoms with van der Waals surface area (Å²) in [4.78, 5) is 24.5. The Balaban J connectivity index is 1.67. The minimum absolute atomic E-state index is 0.0119. The summed E-state index contributed by atoms with van der Waals surface area (Å²) in [5, 5.41) is 5.49. The molecule has 1 fully saturated rings. The second-order valence-corrected chi connectivity index (χ2v) is 10.8. The zero-order valence-electron chi connectivity index (χ0n) is 21.2. The van der Waals surface area contributed by atoms with Gasteiger partial charge in [0.2, 0.25) is 21.8 Å². The van der Waals surface area contributed by atoms with Crippen LogP contribution in [0.5, 0.6) is 11.5 Å². The third kappa shape index (κ3) is 7.16. The highest BCUT2D eigenvalue weighted by atomic mass is 32.2. The number of hydrogen-bond acceptors (Lipinski definition) is 6. The first-order valence-electron chi connectivity index (χ1n) is 11.8. The van der Waals surface area contributed by atoms with Crippen molar-refractivity contribution in [2.75, 3.05) is 27.3 Å². The van der Waals surface area contributed by atoms with Gasteiger partial charge in [-0.05, 0) is 49.2 Å². The van der Waals surface area contributed by atoms with Crippen LogP contribution in [0, 0.1) is 0 Å². The number of amides is 2. The monoisotopic (exact) mass is 557 g/mol. The minimum Gasteiger partial charge on any atom is -0.497 e. The Labute approximate surface area is 219 Å². The van der Waals surface area contributed by atoms with Crippen LogP contribution < -0.4 is 20.1 Å². The highest BCUT2D eigenvalue weighted by molar-refractivity contribution is 7.89. The Morgan fingerprint density at radius 2 is 1.76 bits per heavy atom. The van der Waals surface area contributed by atoms with Crippen LogP contribution in [-0.2, 0) is 32.2 Å². The zero-order valence-corrected chi connectivity index (χ0v) is 22.0. The number of piperidine rings is 1. The number of benzene rings is 2. The Kier molecular flexibility index (Phi) is 9.26. The van der Waals surface area contributed by atoms with Crippen LogP contribution in [-0.4, -0.2) is 63.9 Å². The van der Waals surface area contributed by atoms with Gasteiger partial charge in [-0.15, -0.1) is 0 Å². The summed E-state index contributed by atoms with van der Waals surface area (Å²) in [6.07, 6.45) is -4.05. The van der Waals surface area contributed by atoms with Crippen LogP contribution in [0.15, 0.2) is 47.4 Å². The fraction of sp³-hybridized carbons (Fsp3) is 0.440. The molecule has 0 saturated carbocycles. The first-order chi connectivity index (χ1) is 17.8. The maximum absolute atomic E-state index is 13.1. The van der Waals surface area contributed by atoms with E-state index in [4.69, 9.17) is 9.47 Å². The van der Waals surface area contributed by atoms with Crippen molar-refractivity contribution in [2.24, 2.45) is 0 Å². The summed E-state index contributed by atoms with van der Waals surface area (Å²) in [5.41, 5.74) is -0.403. The molecule has 1 saturated heterocycles. The summed E-state index contributed by atoms with van der Waals surface area (Å²) in [7, 11) is -1.16. The molecule has 38 heavy (non-hydrogen) atoms. The zero-order chi connectivity index (χ0) is 28.1. The minimum atomic E-state index is -4.66. The van der Waals surface area contributed by atoms with Crippen molar-refractivity contribution in [3.8, 4) is 11.5 Å². The van der Waals surface area contributed by atoms with Crippen molar-refractivity contribution in [1.29, 1.82) is 0 Å².